The Morgan fingerprint density at radius 2 is 2.14 bits per heavy atom. The van der Waals surface area contributed by atoms with Gasteiger partial charge in [-0.2, -0.15) is 0 Å². The molecule has 0 bridgehead atoms. The highest BCUT2D eigenvalue weighted by Gasteiger charge is 2.15. The fourth-order valence-corrected chi connectivity index (χ4v) is 2.85. The van der Waals surface area contributed by atoms with Crippen molar-refractivity contribution in [3.63, 3.8) is 0 Å². The van der Waals surface area contributed by atoms with Crippen molar-refractivity contribution in [1.82, 2.24) is 14.4 Å². The monoisotopic (exact) mass is 361 g/mol. The van der Waals surface area contributed by atoms with Crippen LogP contribution in [0.4, 0.5) is 0 Å². The molecule has 0 radical (unpaired) electrons. The van der Waals surface area contributed by atoms with Gasteiger partial charge in [0.2, 0.25) is 0 Å². The van der Waals surface area contributed by atoms with Gasteiger partial charge >= 0.3 is 5.97 Å². The maximum absolute atomic E-state index is 11.9. The second-order valence-corrected chi connectivity index (χ2v) is 6.18. The van der Waals surface area contributed by atoms with Gasteiger partial charge in [-0.1, -0.05) is 13.8 Å². The Morgan fingerprint density at radius 1 is 1.36 bits per heavy atom. The number of ether oxygens (including phenoxy) is 1. The summed E-state index contributed by atoms with van der Waals surface area (Å²) in [6.45, 7) is 6.29. The molecular weight excluding hydrogens is 346 g/mol. The highest BCUT2D eigenvalue weighted by Crippen LogP contribution is 2.27. The van der Waals surface area contributed by atoms with Crippen LogP contribution in [0.3, 0.4) is 0 Å². The van der Waals surface area contributed by atoms with Crippen molar-refractivity contribution in [2.45, 2.75) is 26.7 Å². The smallest absolute Gasteiger partial charge is 0.358 e. The van der Waals surface area contributed by atoms with E-state index in [1.165, 1.54) is 0 Å². The normalized spacial score (nSPS) is 11.5. The lowest BCUT2D eigenvalue weighted by atomic mass is 10.1. The molecule has 0 aliphatic carbocycles. The number of halogens is 1. The third-order valence-corrected chi connectivity index (χ3v) is 4.10. The Hall–Kier alpha value is -1.95. The number of hydrogen-bond donors (Lipinski definition) is 0. The van der Waals surface area contributed by atoms with Gasteiger partial charge < -0.3 is 4.74 Å². The molecule has 22 heavy (non-hydrogen) atoms. The highest BCUT2D eigenvalue weighted by atomic mass is 79.9. The van der Waals surface area contributed by atoms with Gasteiger partial charge in [0.15, 0.2) is 5.69 Å². The van der Waals surface area contributed by atoms with Crippen LogP contribution in [-0.2, 0) is 4.74 Å². The predicted molar refractivity (Wildman–Crippen MR) is 88.2 cm³/mol. The van der Waals surface area contributed by atoms with E-state index in [1.807, 2.05) is 22.6 Å². The first-order valence-electron chi connectivity index (χ1n) is 7.16. The van der Waals surface area contributed by atoms with Crippen LogP contribution in [0.25, 0.3) is 16.7 Å². The van der Waals surface area contributed by atoms with Gasteiger partial charge in [0, 0.05) is 21.7 Å². The van der Waals surface area contributed by atoms with Crippen LogP contribution < -0.4 is 0 Å². The largest absolute Gasteiger partial charge is 0.461 e. The van der Waals surface area contributed by atoms with E-state index in [2.05, 4.69) is 34.8 Å². The molecule has 0 aliphatic rings. The number of pyridine rings is 2. The van der Waals surface area contributed by atoms with Crippen LogP contribution in [0.2, 0.25) is 0 Å². The second-order valence-electron chi connectivity index (χ2n) is 5.33. The lowest BCUT2D eigenvalue weighted by molar-refractivity contribution is 0.0520. The number of esters is 1. The van der Waals surface area contributed by atoms with Gasteiger partial charge in [-0.15, -0.1) is 0 Å². The molecule has 3 aromatic rings. The Kier molecular flexibility index (Phi) is 3.87. The predicted octanol–water partition coefficient (Wildman–Crippen LogP) is 3.95. The number of nitrogens with zero attached hydrogens (tertiary/aromatic N) is 3. The maximum atomic E-state index is 11.9. The van der Waals surface area contributed by atoms with Gasteiger partial charge in [0.05, 0.1) is 6.61 Å². The molecule has 5 nitrogen and oxygen atoms in total. The number of imidazole rings is 1. The van der Waals surface area contributed by atoms with Crippen molar-refractivity contribution in [1.29, 1.82) is 0 Å². The molecule has 3 heterocycles. The zero-order valence-corrected chi connectivity index (χ0v) is 14.2. The first kappa shape index (κ1) is 15.0. The standard InChI is InChI=1S/C16H16BrN3O2/c1-4-22-16(21)13-8-20-14(18-13)6-5-10-11(17)7-12(9(2)3)19-15(10)20/h5-9H,4H2,1-3H3. The molecule has 0 saturated heterocycles. The van der Waals surface area contributed by atoms with Crippen molar-refractivity contribution in [2.75, 3.05) is 6.61 Å². The minimum absolute atomic E-state index is 0.294. The molecular formula is C16H16BrN3O2. The van der Waals surface area contributed by atoms with Crippen molar-refractivity contribution < 1.29 is 9.53 Å². The van der Waals surface area contributed by atoms with Crippen LogP contribution in [0, 0.1) is 0 Å². The van der Waals surface area contributed by atoms with E-state index in [-0.39, 0.29) is 0 Å². The van der Waals surface area contributed by atoms with Gasteiger partial charge in [-0.3, -0.25) is 4.40 Å². The van der Waals surface area contributed by atoms with E-state index < -0.39 is 5.97 Å². The van der Waals surface area contributed by atoms with Crippen LogP contribution in [-0.4, -0.2) is 26.9 Å². The minimum atomic E-state index is -0.418. The molecule has 3 rings (SSSR count). The first-order valence-corrected chi connectivity index (χ1v) is 7.96. The summed E-state index contributed by atoms with van der Waals surface area (Å²) in [6.07, 6.45) is 1.68. The van der Waals surface area contributed by atoms with Crippen molar-refractivity contribution in [2.24, 2.45) is 0 Å². The Balaban J connectivity index is 2.27. The molecule has 0 aliphatic heterocycles. The first-order chi connectivity index (χ1) is 10.5. The fourth-order valence-electron chi connectivity index (χ4n) is 2.31. The lowest BCUT2D eigenvalue weighted by Gasteiger charge is -2.09. The Bertz CT molecular complexity index is 871. The van der Waals surface area contributed by atoms with E-state index in [0.717, 1.165) is 21.2 Å². The van der Waals surface area contributed by atoms with E-state index >= 15 is 0 Å². The third-order valence-electron chi connectivity index (χ3n) is 3.44. The van der Waals surface area contributed by atoms with Gasteiger partial charge in [-0.25, -0.2) is 14.8 Å². The summed E-state index contributed by atoms with van der Waals surface area (Å²) in [7, 11) is 0. The number of carbonyl (C=O) groups excluding carboxylic acids is 1. The molecule has 0 fully saturated rings. The average molecular weight is 362 g/mol. The maximum Gasteiger partial charge on any atom is 0.358 e. The van der Waals surface area contributed by atoms with Crippen molar-refractivity contribution >= 4 is 38.6 Å². The summed E-state index contributed by atoms with van der Waals surface area (Å²) in [5, 5.41) is 0.977. The Labute approximate surface area is 136 Å². The molecule has 114 valence electrons. The quantitative estimate of drug-likeness (QED) is 0.662. The second kappa shape index (κ2) is 5.68. The van der Waals surface area contributed by atoms with Crippen LogP contribution in [0.15, 0.2) is 28.9 Å². The molecule has 0 unspecified atom stereocenters. The number of fused-ring (bicyclic) bond motifs is 3. The van der Waals surface area contributed by atoms with Gasteiger partial charge in [-0.05, 0) is 47.0 Å². The summed E-state index contributed by atoms with van der Waals surface area (Å²) < 4.78 is 7.82. The summed E-state index contributed by atoms with van der Waals surface area (Å²) >= 11 is 3.60. The summed E-state index contributed by atoms with van der Waals surface area (Å²) in [6, 6.07) is 5.85. The van der Waals surface area contributed by atoms with Crippen molar-refractivity contribution in [3.05, 3.63) is 40.3 Å². The average Bonchev–Trinajstić information content (AvgIpc) is 2.91. The highest BCUT2D eigenvalue weighted by molar-refractivity contribution is 9.10. The van der Waals surface area contributed by atoms with Gasteiger partial charge in [0.25, 0.3) is 0 Å². The number of carbonyl (C=O) groups is 1. The SMILES string of the molecule is CCOC(=O)c1cn2c(ccc3c(Br)cc(C(C)C)nc32)n1. The fraction of sp³-hybridized carbons (Fsp3) is 0.312. The molecule has 3 aromatic heterocycles. The van der Waals surface area contributed by atoms with Crippen LogP contribution in [0.1, 0.15) is 42.9 Å². The molecule has 0 N–H and O–H groups in total. The number of aromatic nitrogens is 3. The van der Waals surface area contributed by atoms with E-state index in [4.69, 9.17) is 9.72 Å². The third kappa shape index (κ3) is 2.47. The van der Waals surface area contributed by atoms with E-state index in [9.17, 15) is 4.79 Å². The van der Waals surface area contributed by atoms with E-state index in [0.29, 0.717) is 23.9 Å². The minimum Gasteiger partial charge on any atom is -0.461 e. The molecule has 0 saturated carbocycles. The zero-order chi connectivity index (χ0) is 15.9. The molecule has 0 atom stereocenters. The molecule has 6 heteroatoms. The zero-order valence-electron chi connectivity index (χ0n) is 12.6. The number of rotatable bonds is 3. The van der Waals surface area contributed by atoms with Crippen LogP contribution in [0.5, 0.6) is 0 Å². The molecule has 0 aromatic carbocycles. The summed E-state index contributed by atoms with van der Waals surface area (Å²) in [5.41, 5.74) is 2.73. The topological polar surface area (TPSA) is 56.5 Å². The van der Waals surface area contributed by atoms with E-state index in [1.54, 1.807) is 13.1 Å². The number of hydrogen-bond acceptors (Lipinski definition) is 4. The molecule has 0 spiro atoms. The van der Waals surface area contributed by atoms with Crippen molar-refractivity contribution in [3.8, 4) is 0 Å². The lowest BCUT2D eigenvalue weighted by Crippen LogP contribution is -2.04. The summed E-state index contributed by atoms with van der Waals surface area (Å²) in [5.74, 6) is -0.109. The Morgan fingerprint density at radius 3 is 2.82 bits per heavy atom. The van der Waals surface area contributed by atoms with Crippen LogP contribution >= 0.6 is 15.9 Å². The molecule has 0 amide bonds. The van der Waals surface area contributed by atoms with Gasteiger partial charge in [0.1, 0.15) is 11.3 Å². The summed E-state index contributed by atoms with van der Waals surface area (Å²) in [4.78, 5) is 20.9.